The molecule has 0 spiro atoms. The van der Waals surface area contributed by atoms with E-state index in [1.807, 2.05) is 12.1 Å². The van der Waals surface area contributed by atoms with Gasteiger partial charge in [0.1, 0.15) is 0 Å². The summed E-state index contributed by atoms with van der Waals surface area (Å²) in [7, 11) is 0. The van der Waals surface area contributed by atoms with E-state index >= 15 is 0 Å². The summed E-state index contributed by atoms with van der Waals surface area (Å²) in [6.45, 7) is 1.55. The van der Waals surface area contributed by atoms with Crippen LogP contribution >= 0.6 is 0 Å². The van der Waals surface area contributed by atoms with E-state index in [4.69, 9.17) is 4.74 Å². The molecular weight excluding hydrogens is 388 g/mol. The molecule has 2 aromatic rings. The number of esters is 1. The smallest absolute Gasteiger partial charge is 0.308 e. The van der Waals surface area contributed by atoms with E-state index < -0.39 is 22.9 Å². The normalized spacial score (nSPS) is 13.2. The number of non-ortho nitro benzene ring substituents is 1. The number of nitro groups is 1. The van der Waals surface area contributed by atoms with Crippen LogP contribution in [0.3, 0.4) is 0 Å². The topological polar surface area (TPSA) is 116 Å². The maximum absolute atomic E-state index is 12.5. The first-order chi connectivity index (χ1) is 14.3. The third-order valence-electron chi connectivity index (χ3n) is 5.02. The Labute approximate surface area is 173 Å². The molecule has 1 atom stereocenters. The zero-order valence-corrected chi connectivity index (χ0v) is 16.6. The van der Waals surface area contributed by atoms with Crippen molar-refractivity contribution in [1.29, 1.82) is 0 Å². The van der Waals surface area contributed by atoms with Crippen molar-refractivity contribution in [3.63, 3.8) is 0 Å². The third-order valence-corrected chi connectivity index (χ3v) is 5.02. The number of aryl methyl sites for hydroxylation is 2. The van der Waals surface area contributed by atoms with E-state index in [-0.39, 0.29) is 30.0 Å². The van der Waals surface area contributed by atoms with Gasteiger partial charge in [0, 0.05) is 29.8 Å². The SMILES string of the molecule is C[C@H](OC(=O)CCNC(=O)c1ccc([N+](=O)[O-])cc1)C(=O)c1ccc2c(c1)CCC2. The lowest BCUT2D eigenvalue weighted by molar-refractivity contribution is -0.384. The molecule has 8 nitrogen and oxygen atoms in total. The van der Waals surface area contributed by atoms with Gasteiger partial charge in [0.25, 0.3) is 11.6 Å². The molecule has 1 aliphatic rings. The van der Waals surface area contributed by atoms with Crippen LogP contribution in [0, 0.1) is 10.1 Å². The molecule has 1 N–H and O–H groups in total. The maximum atomic E-state index is 12.5. The number of Topliss-reactive ketones (excluding diaryl/α,β-unsaturated/α-hetero) is 1. The summed E-state index contributed by atoms with van der Waals surface area (Å²) in [5, 5.41) is 13.2. The number of carbonyl (C=O) groups is 3. The minimum Gasteiger partial charge on any atom is -0.454 e. The Morgan fingerprint density at radius 1 is 1.07 bits per heavy atom. The summed E-state index contributed by atoms with van der Waals surface area (Å²) in [6.07, 6.45) is 2.06. The van der Waals surface area contributed by atoms with Crippen molar-refractivity contribution in [3.8, 4) is 0 Å². The molecule has 1 amide bonds. The molecule has 0 saturated heterocycles. The van der Waals surface area contributed by atoms with E-state index in [1.54, 1.807) is 6.07 Å². The number of ketones is 1. The molecule has 2 aromatic carbocycles. The van der Waals surface area contributed by atoms with Gasteiger partial charge in [0.05, 0.1) is 11.3 Å². The number of ether oxygens (including phenoxy) is 1. The zero-order chi connectivity index (χ0) is 21.7. The number of nitro benzene ring substituents is 1. The number of nitrogens with one attached hydrogen (secondary N) is 1. The molecule has 156 valence electrons. The van der Waals surface area contributed by atoms with Crippen LogP contribution in [0.25, 0.3) is 0 Å². The number of hydrogen-bond donors (Lipinski definition) is 1. The Kier molecular flexibility index (Phi) is 6.56. The van der Waals surface area contributed by atoms with Crippen molar-refractivity contribution in [1.82, 2.24) is 5.32 Å². The highest BCUT2D eigenvalue weighted by atomic mass is 16.6. The Morgan fingerprint density at radius 2 is 1.73 bits per heavy atom. The molecule has 0 saturated carbocycles. The number of hydrogen-bond acceptors (Lipinski definition) is 6. The average Bonchev–Trinajstić information content (AvgIpc) is 3.21. The van der Waals surface area contributed by atoms with Crippen molar-refractivity contribution in [3.05, 3.63) is 74.8 Å². The molecule has 0 fully saturated rings. The lowest BCUT2D eigenvalue weighted by Gasteiger charge is -2.13. The Bertz CT molecular complexity index is 984. The summed E-state index contributed by atoms with van der Waals surface area (Å²) in [4.78, 5) is 46.7. The number of fused-ring (bicyclic) bond motifs is 1. The minimum atomic E-state index is -0.915. The van der Waals surface area contributed by atoms with Crippen LogP contribution in [0.5, 0.6) is 0 Å². The van der Waals surface area contributed by atoms with Crippen LogP contribution < -0.4 is 5.32 Å². The molecule has 0 radical (unpaired) electrons. The van der Waals surface area contributed by atoms with E-state index in [2.05, 4.69) is 5.32 Å². The van der Waals surface area contributed by atoms with Crippen LogP contribution in [0.4, 0.5) is 5.69 Å². The minimum absolute atomic E-state index is 0.0222. The van der Waals surface area contributed by atoms with Gasteiger partial charge in [-0.1, -0.05) is 12.1 Å². The van der Waals surface area contributed by atoms with Gasteiger partial charge in [-0.05, 0) is 55.5 Å². The van der Waals surface area contributed by atoms with Crippen LogP contribution in [0.1, 0.15) is 51.6 Å². The van der Waals surface area contributed by atoms with Crippen LogP contribution in [-0.2, 0) is 22.4 Å². The number of rotatable bonds is 8. The highest BCUT2D eigenvalue weighted by molar-refractivity contribution is 6.00. The van der Waals surface area contributed by atoms with Gasteiger partial charge in [-0.25, -0.2) is 0 Å². The predicted molar refractivity (Wildman–Crippen MR) is 108 cm³/mol. The van der Waals surface area contributed by atoms with Gasteiger partial charge >= 0.3 is 5.97 Å². The van der Waals surface area contributed by atoms with Crippen LogP contribution in [-0.4, -0.2) is 35.2 Å². The molecule has 30 heavy (non-hydrogen) atoms. The van der Waals surface area contributed by atoms with Crippen LogP contribution in [0.15, 0.2) is 42.5 Å². The molecule has 0 unspecified atom stereocenters. The first kappa shape index (κ1) is 21.2. The van der Waals surface area contributed by atoms with Gasteiger partial charge in [-0.15, -0.1) is 0 Å². The molecule has 3 rings (SSSR count). The fourth-order valence-corrected chi connectivity index (χ4v) is 3.38. The fourth-order valence-electron chi connectivity index (χ4n) is 3.38. The summed E-state index contributed by atoms with van der Waals surface area (Å²) < 4.78 is 5.20. The summed E-state index contributed by atoms with van der Waals surface area (Å²) in [6, 6.07) is 10.7. The molecular formula is C22H22N2O6. The number of carbonyl (C=O) groups excluding carboxylic acids is 3. The van der Waals surface area contributed by atoms with Gasteiger partial charge in [-0.3, -0.25) is 24.5 Å². The summed E-state index contributed by atoms with van der Waals surface area (Å²) in [5.74, 6) is -1.31. The number of nitrogens with zero attached hydrogens (tertiary/aromatic N) is 1. The molecule has 1 aliphatic carbocycles. The first-order valence-electron chi connectivity index (χ1n) is 9.73. The first-order valence-corrected chi connectivity index (χ1v) is 9.73. The molecule has 8 heteroatoms. The van der Waals surface area contributed by atoms with Gasteiger partial charge < -0.3 is 10.1 Å². The van der Waals surface area contributed by atoms with Gasteiger partial charge in [0.2, 0.25) is 5.78 Å². The van der Waals surface area contributed by atoms with Crippen molar-refractivity contribution < 1.29 is 24.0 Å². The second kappa shape index (κ2) is 9.30. The predicted octanol–water partition coefficient (Wildman–Crippen LogP) is 3.02. The Hall–Kier alpha value is -3.55. The zero-order valence-electron chi connectivity index (χ0n) is 16.6. The highest BCUT2D eigenvalue weighted by Gasteiger charge is 2.21. The Balaban J connectivity index is 1.45. The second-order valence-electron chi connectivity index (χ2n) is 7.14. The second-order valence-corrected chi connectivity index (χ2v) is 7.14. The number of benzene rings is 2. The van der Waals surface area contributed by atoms with Crippen molar-refractivity contribution in [2.75, 3.05) is 6.54 Å². The van der Waals surface area contributed by atoms with E-state index in [0.717, 1.165) is 19.3 Å². The van der Waals surface area contributed by atoms with Gasteiger partial charge in [0.15, 0.2) is 6.10 Å². The van der Waals surface area contributed by atoms with Crippen molar-refractivity contribution in [2.24, 2.45) is 0 Å². The lowest BCUT2D eigenvalue weighted by Crippen LogP contribution is -2.29. The quantitative estimate of drug-likeness (QED) is 0.310. The van der Waals surface area contributed by atoms with Crippen LogP contribution in [0.2, 0.25) is 0 Å². The maximum Gasteiger partial charge on any atom is 0.308 e. The molecule has 0 aliphatic heterocycles. The van der Waals surface area contributed by atoms with E-state index in [9.17, 15) is 24.5 Å². The molecule has 0 bridgehead atoms. The largest absolute Gasteiger partial charge is 0.454 e. The van der Waals surface area contributed by atoms with Crippen molar-refractivity contribution in [2.45, 2.75) is 38.7 Å². The lowest BCUT2D eigenvalue weighted by atomic mass is 10.0. The Morgan fingerprint density at radius 3 is 2.43 bits per heavy atom. The molecule has 0 heterocycles. The summed E-state index contributed by atoms with van der Waals surface area (Å²) >= 11 is 0. The highest BCUT2D eigenvalue weighted by Crippen LogP contribution is 2.23. The third kappa shape index (κ3) is 5.08. The average molecular weight is 410 g/mol. The summed E-state index contributed by atoms with van der Waals surface area (Å²) in [5.41, 5.74) is 3.10. The van der Waals surface area contributed by atoms with E-state index in [1.165, 1.54) is 42.3 Å². The fraction of sp³-hybridized carbons (Fsp3) is 0.318. The molecule has 0 aromatic heterocycles. The number of amides is 1. The monoisotopic (exact) mass is 410 g/mol. The van der Waals surface area contributed by atoms with Crippen molar-refractivity contribution >= 4 is 23.3 Å². The van der Waals surface area contributed by atoms with Gasteiger partial charge in [-0.2, -0.15) is 0 Å². The standard InChI is InChI=1S/C22H22N2O6/c1-14(21(26)18-6-5-15-3-2-4-17(15)13-18)30-20(25)11-12-23-22(27)16-7-9-19(10-8-16)24(28)29/h5-10,13-14H,2-4,11-12H2,1H3,(H,23,27)/t14-/m0/s1. The van der Waals surface area contributed by atoms with E-state index in [0.29, 0.717) is 5.56 Å².